The number of hydrogen-bond donors (Lipinski definition) is 0. The molecule has 1 rings (SSSR count). The molecule has 7 nitrogen and oxygen atoms in total. The Labute approximate surface area is 146 Å². The van der Waals surface area contributed by atoms with Crippen molar-refractivity contribution in [1.29, 1.82) is 0 Å². The van der Waals surface area contributed by atoms with E-state index in [-0.39, 0.29) is 11.8 Å². The fraction of sp³-hybridized carbons (Fsp3) is 0.875. The van der Waals surface area contributed by atoms with Crippen LogP contribution in [0.4, 0.5) is 0 Å². The first kappa shape index (κ1) is 21.7. The van der Waals surface area contributed by atoms with Gasteiger partial charge in [0.25, 0.3) is 5.79 Å². The van der Waals surface area contributed by atoms with E-state index in [0.717, 1.165) is 12.8 Å². The van der Waals surface area contributed by atoms with Gasteiger partial charge in [-0.05, 0) is 12.3 Å². The second-order valence-corrected chi connectivity index (χ2v) is 8.53. The summed E-state index contributed by atoms with van der Waals surface area (Å²) in [5.74, 6) is -3.02. The van der Waals surface area contributed by atoms with Gasteiger partial charge in [0.15, 0.2) is 0 Å². The second-order valence-electron chi connectivity index (χ2n) is 5.73. The van der Waals surface area contributed by atoms with Crippen molar-refractivity contribution in [1.82, 2.24) is 0 Å². The zero-order valence-electron chi connectivity index (χ0n) is 15.9. The fourth-order valence-corrected chi connectivity index (χ4v) is 6.20. The summed E-state index contributed by atoms with van der Waals surface area (Å²) in [5.41, 5.74) is 0. The molecule has 1 heterocycles. The normalized spacial score (nSPS) is 26.0. The third-order valence-corrected chi connectivity index (χ3v) is 7.65. The van der Waals surface area contributed by atoms with Gasteiger partial charge in [-0.3, -0.25) is 0 Å². The van der Waals surface area contributed by atoms with Gasteiger partial charge in [-0.15, -0.1) is 6.58 Å². The average Bonchev–Trinajstić information content (AvgIpc) is 2.64. The van der Waals surface area contributed by atoms with Crippen LogP contribution < -0.4 is 0 Å². The number of methoxy groups -OCH3 is 4. The summed E-state index contributed by atoms with van der Waals surface area (Å²) in [6.07, 6.45) is 3.80. The molecule has 2 atom stereocenters. The van der Waals surface area contributed by atoms with Crippen LogP contribution >= 0.6 is 0 Å². The third-order valence-electron chi connectivity index (χ3n) is 4.88. The van der Waals surface area contributed by atoms with Crippen LogP contribution in [0.15, 0.2) is 12.7 Å². The molecule has 0 aromatic rings. The van der Waals surface area contributed by atoms with Gasteiger partial charge in [0.1, 0.15) is 0 Å². The minimum atomic E-state index is -3.06. The molecule has 1 saturated heterocycles. The van der Waals surface area contributed by atoms with E-state index >= 15 is 0 Å². The lowest BCUT2D eigenvalue weighted by Crippen LogP contribution is -2.74. The number of allylic oxidation sites excluding steroid dienone is 1. The number of hydrogen-bond acceptors (Lipinski definition) is 7. The maximum absolute atomic E-state index is 6.12. The van der Waals surface area contributed by atoms with Crippen molar-refractivity contribution in [2.75, 3.05) is 42.7 Å². The van der Waals surface area contributed by atoms with Gasteiger partial charge in [0.2, 0.25) is 0 Å². The van der Waals surface area contributed by atoms with E-state index in [1.165, 1.54) is 14.2 Å². The van der Waals surface area contributed by atoms with Crippen LogP contribution in [0.3, 0.4) is 0 Å². The van der Waals surface area contributed by atoms with Crippen molar-refractivity contribution < 1.29 is 32.2 Å². The molecule has 0 saturated carbocycles. The summed E-state index contributed by atoms with van der Waals surface area (Å²) in [4.78, 5) is 0. The van der Waals surface area contributed by atoms with E-state index in [1.54, 1.807) is 28.4 Å². The van der Waals surface area contributed by atoms with E-state index in [2.05, 4.69) is 13.5 Å². The Morgan fingerprint density at radius 1 is 1.08 bits per heavy atom. The maximum atomic E-state index is 6.12. The molecule has 0 radical (unpaired) electrons. The Morgan fingerprint density at radius 3 is 1.96 bits per heavy atom. The van der Waals surface area contributed by atoms with Crippen molar-refractivity contribution in [3.63, 3.8) is 0 Å². The molecule has 1 aliphatic rings. The van der Waals surface area contributed by atoms with Crippen LogP contribution in [0.1, 0.15) is 19.8 Å². The van der Waals surface area contributed by atoms with Gasteiger partial charge >= 0.3 is 14.8 Å². The first-order chi connectivity index (χ1) is 11.4. The molecule has 0 aromatic heterocycles. The predicted molar refractivity (Wildman–Crippen MR) is 91.2 cm³/mol. The Bertz CT molecular complexity index is 392. The molecule has 0 spiro atoms. The van der Waals surface area contributed by atoms with Gasteiger partial charge in [-0.25, -0.2) is 0 Å². The van der Waals surface area contributed by atoms with Gasteiger partial charge in [0.05, 0.1) is 0 Å². The van der Waals surface area contributed by atoms with E-state index < -0.39 is 20.6 Å². The van der Waals surface area contributed by atoms with Crippen LogP contribution in [0, 0.1) is 11.8 Å². The van der Waals surface area contributed by atoms with Gasteiger partial charge < -0.3 is 32.2 Å². The van der Waals surface area contributed by atoms with Crippen LogP contribution in [0.5, 0.6) is 0 Å². The van der Waals surface area contributed by atoms with Gasteiger partial charge in [0, 0.05) is 54.6 Å². The Morgan fingerprint density at radius 2 is 1.62 bits per heavy atom. The molecule has 1 aliphatic heterocycles. The molecule has 0 aromatic carbocycles. The predicted octanol–water partition coefficient (Wildman–Crippen LogP) is 2.40. The highest BCUT2D eigenvalue weighted by molar-refractivity contribution is 6.61. The Kier molecular flexibility index (Phi) is 8.02. The first-order valence-electron chi connectivity index (χ1n) is 8.07. The maximum Gasteiger partial charge on any atom is 0.504 e. The van der Waals surface area contributed by atoms with E-state index in [9.17, 15) is 0 Å². The molecule has 0 bridgehead atoms. The topological polar surface area (TPSA) is 64.6 Å². The molecule has 0 aliphatic carbocycles. The van der Waals surface area contributed by atoms with E-state index in [1.807, 2.05) is 6.08 Å². The SMILES string of the molecule is C=CC(CCC)C1C[Si](OC)(OC)OC(OC)(OC)C1(OC)OC. The fourth-order valence-electron chi connectivity index (χ4n) is 3.62. The zero-order chi connectivity index (χ0) is 18.4. The molecule has 8 heteroatoms. The highest BCUT2D eigenvalue weighted by Crippen LogP contribution is 2.52. The lowest BCUT2D eigenvalue weighted by atomic mass is 9.81. The lowest BCUT2D eigenvalue weighted by Gasteiger charge is -2.56. The molecular weight excluding hydrogens is 332 g/mol. The highest BCUT2D eigenvalue weighted by Gasteiger charge is 2.72. The smallest absolute Gasteiger partial charge is 0.377 e. The molecule has 0 amide bonds. The monoisotopic (exact) mass is 364 g/mol. The summed E-state index contributed by atoms with van der Waals surface area (Å²) < 4.78 is 40.3. The third kappa shape index (κ3) is 3.34. The summed E-state index contributed by atoms with van der Waals surface area (Å²) in [7, 11) is 6.13. The summed E-state index contributed by atoms with van der Waals surface area (Å²) in [6.45, 7) is 6.11. The number of ether oxygens (including phenoxy) is 4. The minimum Gasteiger partial charge on any atom is -0.377 e. The molecule has 0 N–H and O–H groups in total. The van der Waals surface area contributed by atoms with E-state index in [0.29, 0.717) is 6.04 Å². The second kappa shape index (κ2) is 8.86. The standard InChI is InChI=1S/C16H32O7Si/c1-9-11-13(10-2)14-12-24(21-7,22-8)23-16(19-5,20-6)15(14,17-3)18-4/h10,13-14H,2,9,11-12H2,1,3-8H3. The van der Waals surface area contributed by atoms with E-state index in [4.69, 9.17) is 32.2 Å². The van der Waals surface area contributed by atoms with Crippen LogP contribution in [-0.4, -0.2) is 63.2 Å². The van der Waals surface area contributed by atoms with Crippen molar-refractivity contribution in [3.05, 3.63) is 12.7 Å². The first-order valence-corrected chi connectivity index (χ1v) is 10.0. The van der Waals surface area contributed by atoms with Crippen LogP contribution in [-0.2, 0) is 32.2 Å². The molecule has 1 fully saturated rings. The average molecular weight is 365 g/mol. The molecule has 142 valence electrons. The summed E-state index contributed by atoms with van der Waals surface area (Å²) in [6, 6.07) is 0.493. The quantitative estimate of drug-likeness (QED) is 0.335. The van der Waals surface area contributed by atoms with Crippen LogP contribution in [0.2, 0.25) is 6.04 Å². The van der Waals surface area contributed by atoms with Crippen molar-refractivity contribution in [2.24, 2.45) is 11.8 Å². The number of rotatable bonds is 10. The van der Waals surface area contributed by atoms with Gasteiger partial charge in [-0.2, -0.15) is 0 Å². The Balaban J connectivity index is 3.54. The summed E-state index contributed by atoms with van der Waals surface area (Å²) >= 11 is 0. The largest absolute Gasteiger partial charge is 0.504 e. The molecular formula is C16H32O7Si. The minimum absolute atomic E-state index is 0.0839. The van der Waals surface area contributed by atoms with Crippen molar-refractivity contribution in [2.45, 2.75) is 37.6 Å². The Hall–Kier alpha value is -0.323. The van der Waals surface area contributed by atoms with Gasteiger partial charge in [-0.1, -0.05) is 19.4 Å². The molecule has 24 heavy (non-hydrogen) atoms. The highest BCUT2D eigenvalue weighted by atomic mass is 28.4. The summed E-state index contributed by atoms with van der Waals surface area (Å²) in [5, 5.41) is 0. The zero-order valence-corrected chi connectivity index (χ0v) is 16.9. The van der Waals surface area contributed by atoms with Crippen LogP contribution in [0.25, 0.3) is 0 Å². The molecule has 2 unspecified atom stereocenters. The van der Waals surface area contributed by atoms with Crippen molar-refractivity contribution >= 4 is 8.80 Å². The lowest BCUT2D eigenvalue weighted by molar-refractivity contribution is -0.488. The van der Waals surface area contributed by atoms with Crippen molar-refractivity contribution in [3.8, 4) is 0 Å².